The molecule has 2 rings (SSSR count). The third kappa shape index (κ3) is 2.75. The van der Waals surface area contributed by atoms with Crippen LogP contribution in [0.5, 0.6) is 0 Å². The minimum atomic E-state index is -0.0677. The number of amides is 1. The number of hydrogen-bond acceptors (Lipinski definition) is 4. The van der Waals surface area contributed by atoms with E-state index in [-0.39, 0.29) is 11.9 Å². The smallest absolute Gasteiger partial charge is 0.263 e. The van der Waals surface area contributed by atoms with E-state index in [9.17, 15) is 4.79 Å². The lowest BCUT2D eigenvalue weighted by molar-refractivity contribution is 0.0935. The Morgan fingerprint density at radius 1 is 1.69 bits per heavy atom. The van der Waals surface area contributed by atoms with Crippen LogP contribution in [0.25, 0.3) is 0 Å². The van der Waals surface area contributed by atoms with Gasteiger partial charge in [0.1, 0.15) is 4.88 Å². The molecule has 0 unspecified atom stereocenters. The minimum Gasteiger partial charge on any atom is -0.397 e. The number of piperidine rings is 1. The van der Waals surface area contributed by atoms with Crippen LogP contribution in [0, 0.1) is 0 Å². The molecule has 16 heavy (non-hydrogen) atoms. The molecule has 4 N–H and O–H groups in total. The van der Waals surface area contributed by atoms with Gasteiger partial charge in [-0.3, -0.25) is 4.79 Å². The van der Waals surface area contributed by atoms with E-state index in [0.717, 1.165) is 29.7 Å². The van der Waals surface area contributed by atoms with Crippen molar-refractivity contribution in [3.63, 3.8) is 0 Å². The first kappa shape index (κ1) is 11.9. The molecule has 1 atom stereocenters. The second kappa shape index (κ2) is 5.16. The summed E-state index contributed by atoms with van der Waals surface area (Å²) in [5.41, 5.74) is 6.29. The number of hydrogen-bond donors (Lipinski definition) is 3. The fraction of sp³-hybridized carbons (Fsp3) is 0.500. The summed E-state index contributed by atoms with van der Waals surface area (Å²) in [6, 6.07) is 1.99. The average molecular weight is 304 g/mol. The van der Waals surface area contributed by atoms with Gasteiger partial charge in [0.2, 0.25) is 0 Å². The molecular formula is C10H14BrN3OS. The van der Waals surface area contributed by atoms with Gasteiger partial charge >= 0.3 is 0 Å². The van der Waals surface area contributed by atoms with Crippen molar-refractivity contribution < 1.29 is 4.79 Å². The van der Waals surface area contributed by atoms with Crippen molar-refractivity contribution in [1.29, 1.82) is 0 Å². The summed E-state index contributed by atoms with van der Waals surface area (Å²) in [6.07, 6.45) is 2.14. The highest BCUT2D eigenvalue weighted by molar-refractivity contribution is 9.11. The second-order valence-corrected chi connectivity index (χ2v) is 6.28. The predicted molar refractivity (Wildman–Crippen MR) is 69.8 cm³/mol. The second-order valence-electron chi connectivity index (χ2n) is 3.85. The Kier molecular flexibility index (Phi) is 3.83. The van der Waals surface area contributed by atoms with Crippen LogP contribution < -0.4 is 16.4 Å². The van der Waals surface area contributed by atoms with E-state index in [1.165, 1.54) is 11.3 Å². The first-order valence-electron chi connectivity index (χ1n) is 5.23. The highest BCUT2D eigenvalue weighted by atomic mass is 79.9. The van der Waals surface area contributed by atoms with Gasteiger partial charge in [0.25, 0.3) is 5.91 Å². The van der Waals surface area contributed by atoms with Crippen molar-refractivity contribution >= 4 is 38.9 Å². The summed E-state index contributed by atoms with van der Waals surface area (Å²) in [6.45, 7) is 1.89. The van der Waals surface area contributed by atoms with Crippen LogP contribution in [0.3, 0.4) is 0 Å². The molecule has 1 saturated heterocycles. The Labute approximate surface area is 107 Å². The fourth-order valence-electron chi connectivity index (χ4n) is 1.78. The van der Waals surface area contributed by atoms with Gasteiger partial charge in [-0.05, 0) is 41.4 Å². The number of nitrogens with one attached hydrogen (secondary N) is 2. The highest BCUT2D eigenvalue weighted by Gasteiger charge is 2.19. The molecule has 1 aliphatic heterocycles. The summed E-state index contributed by atoms with van der Waals surface area (Å²) >= 11 is 4.69. The maximum absolute atomic E-state index is 11.9. The van der Waals surface area contributed by atoms with Gasteiger partial charge in [-0.15, -0.1) is 11.3 Å². The highest BCUT2D eigenvalue weighted by Crippen LogP contribution is 2.29. The molecule has 4 nitrogen and oxygen atoms in total. The zero-order valence-electron chi connectivity index (χ0n) is 8.75. The first-order chi connectivity index (χ1) is 7.66. The zero-order chi connectivity index (χ0) is 11.5. The number of anilines is 1. The van der Waals surface area contributed by atoms with Crippen molar-refractivity contribution in [2.45, 2.75) is 18.9 Å². The van der Waals surface area contributed by atoms with Crippen LogP contribution in [-0.4, -0.2) is 25.0 Å². The molecule has 0 radical (unpaired) electrons. The first-order valence-corrected chi connectivity index (χ1v) is 6.84. The number of rotatable bonds is 2. The van der Waals surface area contributed by atoms with Crippen LogP contribution in [0.4, 0.5) is 5.69 Å². The average Bonchev–Trinajstić information content (AvgIpc) is 2.59. The number of nitrogens with two attached hydrogens (primary N) is 1. The van der Waals surface area contributed by atoms with Gasteiger partial charge in [-0.1, -0.05) is 0 Å². The molecule has 1 aliphatic rings. The monoisotopic (exact) mass is 303 g/mol. The van der Waals surface area contributed by atoms with Crippen LogP contribution in [-0.2, 0) is 0 Å². The molecule has 88 valence electrons. The number of carbonyl (C=O) groups is 1. The maximum atomic E-state index is 11.9. The van der Waals surface area contributed by atoms with Gasteiger partial charge < -0.3 is 16.4 Å². The third-order valence-corrected chi connectivity index (χ3v) is 4.22. The van der Waals surface area contributed by atoms with Crippen LogP contribution in [0.15, 0.2) is 9.85 Å². The zero-order valence-corrected chi connectivity index (χ0v) is 11.2. The van der Waals surface area contributed by atoms with Crippen molar-refractivity contribution in [3.8, 4) is 0 Å². The molecular weight excluding hydrogens is 290 g/mol. The number of thiophene rings is 1. The normalized spacial score (nSPS) is 20.7. The summed E-state index contributed by atoms with van der Waals surface area (Å²) < 4.78 is 0.886. The van der Waals surface area contributed by atoms with Gasteiger partial charge in [0.15, 0.2) is 0 Å². The van der Waals surface area contributed by atoms with Crippen LogP contribution in [0.2, 0.25) is 0 Å². The summed E-state index contributed by atoms with van der Waals surface area (Å²) in [5.74, 6) is -0.0677. The lowest BCUT2D eigenvalue weighted by atomic mass is 10.1. The number of halogens is 1. The van der Waals surface area contributed by atoms with Crippen LogP contribution in [0.1, 0.15) is 22.5 Å². The molecule has 6 heteroatoms. The Hall–Kier alpha value is -0.590. The summed E-state index contributed by atoms with van der Waals surface area (Å²) in [7, 11) is 0. The Bertz CT molecular complexity index is 387. The van der Waals surface area contributed by atoms with E-state index >= 15 is 0 Å². The molecule has 1 aromatic heterocycles. The standard InChI is InChI=1S/C10H14BrN3OS/c11-8-4-7(12)9(16-8)10(15)14-6-2-1-3-13-5-6/h4,6,13H,1-3,5,12H2,(H,14,15)/t6-/m0/s1. The molecule has 0 spiro atoms. The van der Waals surface area contributed by atoms with Gasteiger partial charge in [-0.2, -0.15) is 0 Å². The molecule has 0 bridgehead atoms. The van der Waals surface area contributed by atoms with E-state index in [0.29, 0.717) is 10.6 Å². The van der Waals surface area contributed by atoms with Gasteiger partial charge in [-0.25, -0.2) is 0 Å². The van der Waals surface area contributed by atoms with E-state index in [1.54, 1.807) is 6.07 Å². The van der Waals surface area contributed by atoms with Crippen molar-refractivity contribution in [3.05, 3.63) is 14.7 Å². The molecule has 1 amide bonds. The largest absolute Gasteiger partial charge is 0.397 e. The molecule has 0 aromatic carbocycles. The number of nitrogen functional groups attached to an aromatic ring is 1. The topological polar surface area (TPSA) is 67.2 Å². The predicted octanol–water partition coefficient (Wildman–Crippen LogP) is 1.57. The molecule has 0 saturated carbocycles. The Morgan fingerprint density at radius 2 is 2.50 bits per heavy atom. The van der Waals surface area contributed by atoms with E-state index in [1.807, 2.05) is 0 Å². The van der Waals surface area contributed by atoms with E-state index in [4.69, 9.17) is 5.73 Å². The third-order valence-electron chi connectivity index (χ3n) is 2.57. The van der Waals surface area contributed by atoms with Gasteiger partial charge in [0.05, 0.1) is 9.47 Å². The minimum absolute atomic E-state index is 0.0677. The van der Waals surface area contributed by atoms with Crippen molar-refractivity contribution in [1.82, 2.24) is 10.6 Å². The summed E-state index contributed by atoms with van der Waals surface area (Å²) in [4.78, 5) is 12.5. The molecule has 2 heterocycles. The maximum Gasteiger partial charge on any atom is 0.263 e. The van der Waals surface area contributed by atoms with Crippen molar-refractivity contribution in [2.75, 3.05) is 18.8 Å². The molecule has 1 fully saturated rings. The Morgan fingerprint density at radius 3 is 3.06 bits per heavy atom. The van der Waals surface area contributed by atoms with Gasteiger partial charge in [0, 0.05) is 12.6 Å². The lowest BCUT2D eigenvalue weighted by Gasteiger charge is -2.23. The Balaban J connectivity index is 1.99. The fourth-order valence-corrected chi connectivity index (χ4v) is 3.22. The van der Waals surface area contributed by atoms with Crippen molar-refractivity contribution in [2.24, 2.45) is 0 Å². The van der Waals surface area contributed by atoms with E-state index < -0.39 is 0 Å². The molecule has 0 aliphatic carbocycles. The quantitative estimate of drug-likeness (QED) is 0.777. The lowest BCUT2D eigenvalue weighted by Crippen LogP contribution is -2.45. The van der Waals surface area contributed by atoms with E-state index in [2.05, 4.69) is 26.6 Å². The summed E-state index contributed by atoms with van der Waals surface area (Å²) in [5, 5.41) is 6.26. The van der Waals surface area contributed by atoms with Crippen LogP contribution >= 0.6 is 27.3 Å². The SMILES string of the molecule is Nc1cc(Br)sc1C(=O)N[C@H]1CCCNC1. The number of carbonyl (C=O) groups excluding carboxylic acids is 1. The molecule has 1 aromatic rings.